The minimum atomic E-state index is -0.422. The van der Waals surface area contributed by atoms with Crippen molar-refractivity contribution in [3.05, 3.63) is 45.4 Å². The molecule has 1 aromatic heterocycles. The maximum absolute atomic E-state index is 12.1. The molecule has 0 saturated heterocycles. The summed E-state index contributed by atoms with van der Waals surface area (Å²) in [5.41, 5.74) is 6.71. The highest BCUT2D eigenvalue weighted by Crippen LogP contribution is 2.22. The summed E-state index contributed by atoms with van der Waals surface area (Å²) < 4.78 is 3.90. The van der Waals surface area contributed by atoms with E-state index in [1.807, 2.05) is 18.2 Å². The van der Waals surface area contributed by atoms with Crippen LogP contribution in [0, 0.1) is 0 Å². The molecule has 2 rings (SSSR count). The Bertz CT molecular complexity index is 687. The van der Waals surface area contributed by atoms with E-state index in [9.17, 15) is 9.59 Å². The number of aromatic nitrogens is 1. The molecule has 0 aliphatic rings. The number of nitrogens with one attached hydrogen (secondary N) is 2. The van der Waals surface area contributed by atoms with Gasteiger partial charge in [-0.15, -0.1) is 0 Å². The van der Waals surface area contributed by atoms with E-state index < -0.39 is 5.91 Å². The molecule has 1 aromatic carbocycles. The second-order valence-electron chi connectivity index (χ2n) is 4.13. The van der Waals surface area contributed by atoms with E-state index in [4.69, 9.17) is 17.3 Å². The first-order valence-electron chi connectivity index (χ1n) is 6.03. The van der Waals surface area contributed by atoms with Gasteiger partial charge in [-0.25, -0.2) is 0 Å². The van der Waals surface area contributed by atoms with Crippen LogP contribution in [0.25, 0.3) is 0 Å². The van der Waals surface area contributed by atoms with E-state index in [0.717, 1.165) is 17.1 Å². The van der Waals surface area contributed by atoms with Gasteiger partial charge in [0.15, 0.2) is 5.69 Å². The van der Waals surface area contributed by atoms with Gasteiger partial charge in [-0.3, -0.25) is 9.59 Å². The van der Waals surface area contributed by atoms with Crippen molar-refractivity contribution in [3.8, 4) is 0 Å². The molecule has 0 aliphatic heterocycles. The number of halogens is 1. The topological polar surface area (TPSA) is 97.1 Å². The lowest BCUT2D eigenvalue weighted by atomic mass is 10.2. The Hall–Kier alpha value is -2.12. The number of nitrogens with zero attached hydrogens (tertiary/aromatic N) is 1. The number of rotatable bonds is 4. The lowest BCUT2D eigenvalue weighted by molar-refractivity contribution is 0.0954. The van der Waals surface area contributed by atoms with Gasteiger partial charge in [-0.1, -0.05) is 29.8 Å². The molecule has 1 heterocycles. The van der Waals surface area contributed by atoms with Crippen LogP contribution in [0.2, 0.25) is 5.02 Å². The molecule has 0 spiro atoms. The fourth-order valence-corrected chi connectivity index (χ4v) is 2.56. The standard InChI is InChI=1S/C13H13ClN4O2S/c1-16-12(19)10-9(15)11(21-18-10)13(20)17-6-7-4-2-3-5-8(7)14/h2-5H,6,15H2,1H3,(H,16,19)(H,17,20). The average Bonchev–Trinajstić information content (AvgIpc) is 2.87. The molecule has 0 unspecified atom stereocenters. The number of nitrogens with two attached hydrogens (primary N) is 1. The maximum Gasteiger partial charge on any atom is 0.272 e. The molecule has 4 N–H and O–H groups in total. The van der Waals surface area contributed by atoms with E-state index in [0.29, 0.717) is 5.02 Å². The number of hydrogen-bond donors (Lipinski definition) is 3. The molecule has 0 fully saturated rings. The van der Waals surface area contributed by atoms with E-state index >= 15 is 0 Å². The van der Waals surface area contributed by atoms with Gasteiger partial charge in [0.05, 0.1) is 5.69 Å². The monoisotopic (exact) mass is 324 g/mol. The van der Waals surface area contributed by atoms with Crippen LogP contribution >= 0.6 is 23.1 Å². The largest absolute Gasteiger partial charge is 0.395 e. The van der Waals surface area contributed by atoms with Crippen LogP contribution in [0.3, 0.4) is 0 Å². The highest BCUT2D eigenvalue weighted by molar-refractivity contribution is 7.09. The van der Waals surface area contributed by atoms with E-state index in [1.165, 1.54) is 7.05 Å². The minimum absolute atomic E-state index is 0.0605. The smallest absolute Gasteiger partial charge is 0.272 e. The van der Waals surface area contributed by atoms with Gasteiger partial charge in [-0.05, 0) is 23.2 Å². The fraction of sp³-hybridized carbons (Fsp3) is 0.154. The fourth-order valence-electron chi connectivity index (χ4n) is 1.64. The molecular formula is C13H13ClN4O2S. The first kappa shape index (κ1) is 15.3. The highest BCUT2D eigenvalue weighted by atomic mass is 35.5. The third-order valence-corrected chi connectivity index (χ3v) is 4.00. The molecule has 2 aromatic rings. The normalized spacial score (nSPS) is 10.2. The van der Waals surface area contributed by atoms with Gasteiger partial charge >= 0.3 is 0 Å². The Morgan fingerprint density at radius 3 is 2.71 bits per heavy atom. The van der Waals surface area contributed by atoms with Crippen molar-refractivity contribution in [2.24, 2.45) is 0 Å². The second-order valence-corrected chi connectivity index (χ2v) is 5.31. The number of carbonyl (C=O) groups excluding carboxylic acids is 2. The van der Waals surface area contributed by atoms with Crippen LogP contribution in [0.1, 0.15) is 25.7 Å². The Kier molecular flexibility index (Phi) is 4.77. The summed E-state index contributed by atoms with van der Waals surface area (Å²) in [6, 6.07) is 7.20. The molecule has 0 bridgehead atoms. The number of anilines is 1. The third-order valence-electron chi connectivity index (χ3n) is 2.77. The van der Waals surface area contributed by atoms with Crippen LogP contribution in [-0.4, -0.2) is 23.2 Å². The zero-order valence-corrected chi connectivity index (χ0v) is 12.7. The van der Waals surface area contributed by atoms with Gasteiger partial charge < -0.3 is 16.4 Å². The first-order valence-corrected chi connectivity index (χ1v) is 7.18. The summed E-state index contributed by atoms with van der Waals surface area (Å²) in [4.78, 5) is 23.8. The summed E-state index contributed by atoms with van der Waals surface area (Å²) in [7, 11) is 1.47. The lowest BCUT2D eigenvalue weighted by Crippen LogP contribution is -2.24. The number of hydrogen-bond acceptors (Lipinski definition) is 5. The molecule has 0 aliphatic carbocycles. The summed E-state index contributed by atoms with van der Waals surface area (Å²) >= 11 is 6.90. The number of carbonyl (C=O) groups is 2. The average molecular weight is 325 g/mol. The molecule has 6 nitrogen and oxygen atoms in total. The van der Waals surface area contributed by atoms with Crippen LogP contribution in [0.15, 0.2) is 24.3 Å². The molecule has 21 heavy (non-hydrogen) atoms. The quantitative estimate of drug-likeness (QED) is 0.797. The van der Waals surface area contributed by atoms with E-state index in [2.05, 4.69) is 15.0 Å². The predicted octanol–water partition coefficient (Wildman–Crippen LogP) is 1.67. The van der Waals surface area contributed by atoms with Crippen molar-refractivity contribution in [2.75, 3.05) is 12.8 Å². The van der Waals surface area contributed by atoms with Crippen LogP contribution in [0.5, 0.6) is 0 Å². The van der Waals surface area contributed by atoms with Crippen molar-refractivity contribution in [2.45, 2.75) is 6.54 Å². The molecule has 0 atom stereocenters. The summed E-state index contributed by atoms with van der Waals surface area (Å²) in [5, 5.41) is 5.69. The van der Waals surface area contributed by atoms with Gasteiger partial charge in [-0.2, -0.15) is 4.37 Å². The lowest BCUT2D eigenvalue weighted by Gasteiger charge is -2.06. The zero-order chi connectivity index (χ0) is 15.4. The minimum Gasteiger partial charge on any atom is -0.395 e. The van der Waals surface area contributed by atoms with Crippen LogP contribution in [0.4, 0.5) is 5.69 Å². The van der Waals surface area contributed by atoms with Crippen molar-refractivity contribution in [3.63, 3.8) is 0 Å². The van der Waals surface area contributed by atoms with Crippen LogP contribution in [-0.2, 0) is 6.54 Å². The molecule has 0 saturated carbocycles. The van der Waals surface area contributed by atoms with E-state index in [-0.39, 0.29) is 28.7 Å². The van der Waals surface area contributed by atoms with E-state index in [1.54, 1.807) is 6.07 Å². The van der Waals surface area contributed by atoms with Gasteiger partial charge in [0, 0.05) is 18.6 Å². The predicted molar refractivity (Wildman–Crippen MR) is 82.5 cm³/mol. The van der Waals surface area contributed by atoms with Crippen molar-refractivity contribution < 1.29 is 9.59 Å². The Morgan fingerprint density at radius 1 is 1.33 bits per heavy atom. The number of nitrogen functional groups attached to an aromatic ring is 1. The number of benzene rings is 1. The Balaban J connectivity index is 2.09. The summed E-state index contributed by atoms with van der Waals surface area (Å²) in [6.45, 7) is 0.269. The van der Waals surface area contributed by atoms with Crippen LogP contribution < -0.4 is 16.4 Å². The van der Waals surface area contributed by atoms with Gasteiger partial charge in [0.1, 0.15) is 4.88 Å². The molecule has 8 heteroatoms. The third kappa shape index (κ3) is 3.32. The summed E-state index contributed by atoms with van der Waals surface area (Å²) in [6.07, 6.45) is 0. The summed E-state index contributed by atoms with van der Waals surface area (Å²) in [5.74, 6) is -0.811. The molecule has 0 radical (unpaired) electrons. The van der Waals surface area contributed by atoms with Crippen molar-refractivity contribution in [1.82, 2.24) is 15.0 Å². The highest BCUT2D eigenvalue weighted by Gasteiger charge is 2.21. The maximum atomic E-state index is 12.1. The number of amides is 2. The molecule has 110 valence electrons. The first-order chi connectivity index (χ1) is 10.0. The second kappa shape index (κ2) is 6.55. The molecular weight excluding hydrogens is 312 g/mol. The Morgan fingerprint density at radius 2 is 2.05 bits per heavy atom. The zero-order valence-electron chi connectivity index (χ0n) is 11.1. The Labute approximate surface area is 130 Å². The van der Waals surface area contributed by atoms with Gasteiger partial charge in [0.25, 0.3) is 11.8 Å². The van der Waals surface area contributed by atoms with Gasteiger partial charge in [0.2, 0.25) is 0 Å². The van der Waals surface area contributed by atoms with Crippen molar-refractivity contribution in [1.29, 1.82) is 0 Å². The SMILES string of the molecule is CNC(=O)c1nsc(C(=O)NCc2ccccc2Cl)c1N. The van der Waals surface area contributed by atoms with Crippen molar-refractivity contribution >= 4 is 40.6 Å². The molecule has 2 amide bonds.